The maximum Gasteiger partial charge on any atom is 0.0594 e. The van der Waals surface area contributed by atoms with Gasteiger partial charge in [-0.25, -0.2) is 0 Å². The first-order valence-corrected chi connectivity index (χ1v) is 17.4. The molecule has 0 aliphatic heterocycles. The maximum atomic E-state index is 3.66. The Bertz CT molecular complexity index is 745. The lowest BCUT2D eigenvalue weighted by atomic mass is 10.1. The number of hydrogen-bond donors (Lipinski definition) is 0. The SMILES string of the molecule is C=Cc1ccc(C=C)cc1.C=Cc1ccccc1.CCCCCC[P+](CCCC)(CCCC)CCCC.[Br-]. The van der Waals surface area contributed by atoms with Crippen molar-refractivity contribution in [3.05, 3.63) is 91.0 Å². The van der Waals surface area contributed by atoms with Crippen molar-refractivity contribution >= 4 is 25.5 Å². The molecule has 0 spiro atoms. The van der Waals surface area contributed by atoms with Crippen molar-refractivity contribution in [3.63, 3.8) is 0 Å². The van der Waals surface area contributed by atoms with Crippen LogP contribution in [0.4, 0.5) is 0 Å². The van der Waals surface area contributed by atoms with Crippen LogP contribution in [0.3, 0.4) is 0 Å². The van der Waals surface area contributed by atoms with Crippen LogP contribution in [0.15, 0.2) is 74.3 Å². The Kier molecular flexibility index (Phi) is 27.7. The van der Waals surface area contributed by atoms with Gasteiger partial charge in [0.15, 0.2) is 0 Å². The molecule has 0 aliphatic carbocycles. The molecule has 2 aromatic rings. The second-order valence-electron chi connectivity index (χ2n) is 10.0. The molecule has 0 nitrogen and oxygen atoms in total. The van der Waals surface area contributed by atoms with E-state index in [1.54, 1.807) is 24.6 Å². The molecule has 2 aromatic carbocycles. The highest BCUT2D eigenvalue weighted by molar-refractivity contribution is 7.75. The molecule has 0 aliphatic rings. The summed E-state index contributed by atoms with van der Waals surface area (Å²) in [6, 6.07) is 18.1. The minimum Gasteiger partial charge on any atom is -1.00 e. The summed E-state index contributed by atoms with van der Waals surface area (Å²) in [6.45, 7) is 20.4. The van der Waals surface area contributed by atoms with Crippen LogP contribution in [0.2, 0.25) is 0 Å². The third kappa shape index (κ3) is 19.6. The van der Waals surface area contributed by atoms with Crippen molar-refractivity contribution in [1.82, 2.24) is 0 Å². The van der Waals surface area contributed by atoms with Crippen LogP contribution in [0.25, 0.3) is 18.2 Å². The standard InChI is InChI=1S/C18H40P.C10H10.C8H8.BrH/c1-5-9-13-14-18-19(15-10-6-2,16-11-7-3)17-12-8-4;1-3-9-5-7-10(4-2)8-6-9;1-2-8-6-4-3-5-7-8;/h5-18H2,1-4H3;3-8H,1-2H2;2-7H,1H2;1H/q+1;;;/p-1. The summed E-state index contributed by atoms with van der Waals surface area (Å²) in [4.78, 5) is 0. The molecule has 0 amide bonds. The van der Waals surface area contributed by atoms with Crippen LogP contribution >= 0.6 is 7.26 Å². The lowest BCUT2D eigenvalue weighted by Crippen LogP contribution is -3.00. The van der Waals surface area contributed by atoms with E-state index in [4.69, 9.17) is 0 Å². The summed E-state index contributed by atoms with van der Waals surface area (Å²) in [5, 5.41) is 0. The molecular formula is C36H58BrP. The average molecular weight is 602 g/mol. The molecule has 38 heavy (non-hydrogen) atoms. The summed E-state index contributed by atoms with van der Waals surface area (Å²) < 4.78 is 0. The zero-order valence-electron chi connectivity index (χ0n) is 25.3. The predicted molar refractivity (Wildman–Crippen MR) is 178 cm³/mol. The number of halogens is 1. The van der Waals surface area contributed by atoms with Crippen molar-refractivity contribution in [2.75, 3.05) is 24.6 Å². The van der Waals surface area contributed by atoms with Crippen molar-refractivity contribution in [3.8, 4) is 0 Å². The van der Waals surface area contributed by atoms with Gasteiger partial charge in [0.25, 0.3) is 0 Å². The molecule has 214 valence electrons. The first-order chi connectivity index (χ1) is 18.0. The van der Waals surface area contributed by atoms with E-state index in [1.807, 2.05) is 72.8 Å². The zero-order valence-corrected chi connectivity index (χ0v) is 27.8. The van der Waals surface area contributed by atoms with Gasteiger partial charge in [0.2, 0.25) is 0 Å². The van der Waals surface area contributed by atoms with Crippen molar-refractivity contribution < 1.29 is 17.0 Å². The van der Waals surface area contributed by atoms with E-state index in [2.05, 4.69) is 47.4 Å². The first-order valence-electron chi connectivity index (χ1n) is 14.9. The van der Waals surface area contributed by atoms with Gasteiger partial charge in [-0.2, -0.15) is 0 Å². The van der Waals surface area contributed by atoms with Gasteiger partial charge < -0.3 is 17.0 Å². The monoisotopic (exact) mass is 600 g/mol. The van der Waals surface area contributed by atoms with Gasteiger partial charge in [-0.1, -0.05) is 152 Å². The molecule has 0 fully saturated rings. The molecule has 0 N–H and O–H groups in total. The van der Waals surface area contributed by atoms with Gasteiger partial charge in [0.05, 0.1) is 24.6 Å². The number of unbranched alkanes of at least 4 members (excludes halogenated alkanes) is 6. The van der Waals surface area contributed by atoms with Crippen LogP contribution in [-0.4, -0.2) is 24.6 Å². The highest BCUT2D eigenvalue weighted by Crippen LogP contribution is 2.61. The van der Waals surface area contributed by atoms with E-state index in [-0.39, 0.29) is 17.0 Å². The molecular weight excluding hydrogens is 543 g/mol. The normalized spacial score (nSPS) is 10.1. The van der Waals surface area contributed by atoms with Crippen LogP contribution in [0.5, 0.6) is 0 Å². The van der Waals surface area contributed by atoms with Gasteiger partial charge in [0.1, 0.15) is 0 Å². The smallest absolute Gasteiger partial charge is 0.0594 e. The number of hydrogen-bond acceptors (Lipinski definition) is 0. The van der Waals surface area contributed by atoms with Crippen molar-refractivity contribution in [2.24, 2.45) is 0 Å². The van der Waals surface area contributed by atoms with Crippen LogP contribution in [0.1, 0.15) is 109 Å². The molecule has 2 heteroatoms. The lowest BCUT2D eigenvalue weighted by molar-refractivity contribution is -0.00000796. The van der Waals surface area contributed by atoms with Gasteiger partial charge in [-0.15, -0.1) is 0 Å². The summed E-state index contributed by atoms with van der Waals surface area (Å²) in [7, 11) is -0.586. The molecule has 0 aromatic heterocycles. The molecule has 0 saturated heterocycles. The van der Waals surface area contributed by atoms with E-state index in [0.717, 1.165) is 11.1 Å². The topological polar surface area (TPSA) is 0 Å². The fourth-order valence-electron chi connectivity index (χ4n) is 4.38. The van der Waals surface area contributed by atoms with Crippen molar-refractivity contribution in [1.29, 1.82) is 0 Å². The quantitative estimate of drug-likeness (QED) is 0.125. The molecule has 0 saturated carbocycles. The maximum absolute atomic E-state index is 3.66. The highest BCUT2D eigenvalue weighted by atomic mass is 79.9. The second-order valence-corrected chi connectivity index (χ2v) is 14.5. The molecule has 0 bridgehead atoms. The van der Waals surface area contributed by atoms with E-state index in [9.17, 15) is 0 Å². The highest BCUT2D eigenvalue weighted by Gasteiger charge is 2.34. The molecule has 2 rings (SSSR count). The van der Waals surface area contributed by atoms with Crippen LogP contribution < -0.4 is 17.0 Å². The van der Waals surface area contributed by atoms with E-state index in [0.29, 0.717) is 0 Å². The van der Waals surface area contributed by atoms with Gasteiger partial charge >= 0.3 is 0 Å². The van der Waals surface area contributed by atoms with Gasteiger partial charge in [-0.3, -0.25) is 0 Å². The van der Waals surface area contributed by atoms with Crippen molar-refractivity contribution in [2.45, 2.75) is 91.9 Å². The fraction of sp³-hybridized carbons (Fsp3) is 0.500. The third-order valence-corrected chi connectivity index (χ3v) is 11.9. The number of rotatable bonds is 17. The van der Waals surface area contributed by atoms with Gasteiger partial charge in [-0.05, 0) is 48.8 Å². The minimum absolute atomic E-state index is 0. The average Bonchev–Trinajstić information content (AvgIpc) is 2.97. The molecule has 0 atom stereocenters. The molecule has 0 unspecified atom stereocenters. The Labute approximate surface area is 249 Å². The van der Waals surface area contributed by atoms with E-state index in [1.165, 1.54) is 69.8 Å². The largest absolute Gasteiger partial charge is 1.00 e. The Hall–Kier alpha value is -1.43. The Morgan fingerprint density at radius 2 is 0.816 bits per heavy atom. The molecule has 0 radical (unpaired) electrons. The minimum atomic E-state index is -0.586. The third-order valence-electron chi connectivity index (χ3n) is 6.89. The lowest BCUT2D eigenvalue weighted by Gasteiger charge is -2.28. The second kappa shape index (κ2) is 27.1. The summed E-state index contributed by atoms with van der Waals surface area (Å²) in [6.07, 6.45) is 26.5. The summed E-state index contributed by atoms with van der Waals surface area (Å²) in [5.41, 5.74) is 3.46. The first kappa shape index (κ1) is 38.7. The Morgan fingerprint density at radius 3 is 1.13 bits per heavy atom. The predicted octanol–water partition coefficient (Wildman–Crippen LogP) is 9.29. The van der Waals surface area contributed by atoms with E-state index >= 15 is 0 Å². The fourth-order valence-corrected chi connectivity index (χ4v) is 9.58. The van der Waals surface area contributed by atoms with Crippen LogP contribution in [0, 0.1) is 0 Å². The summed E-state index contributed by atoms with van der Waals surface area (Å²) in [5.74, 6) is 0. The molecule has 0 heterocycles. The Morgan fingerprint density at radius 1 is 0.474 bits per heavy atom. The zero-order chi connectivity index (χ0) is 27.6. The van der Waals surface area contributed by atoms with Gasteiger partial charge in [0, 0.05) is 7.26 Å². The van der Waals surface area contributed by atoms with Crippen LogP contribution in [-0.2, 0) is 0 Å². The number of benzene rings is 2. The summed E-state index contributed by atoms with van der Waals surface area (Å²) >= 11 is 0. The van der Waals surface area contributed by atoms with E-state index < -0.39 is 7.26 Å². The Balaban J connectivity index is 0.